The topological polar surface area (TPSA) is 84.9 Å². The summed E-state index contributed by atoms with van der Waals surface area (Å²) in [6.45, 7) is 22.9. The molecule has 5 atom stereocenters. The van der Waals surface area contributed by atoms with Crippen LogP contribution in [-0.4, -0.2) is 43.0 Å². The summed E-state index contributed by atoms with van der Waals surface area (Å²) in [5, 5.41) is 11.4. The van der Waals surface area contributed by atoms with Crippen molar-refractivity contribution in [3.8, 4) is 0 Å². The lowest BCUT2D eigenvalue weighted by Crippen LogP contribution is -2.36. The first-order valence-electron chi connectivity index (χ1n) is 16.6. The van der Waals surface area contributed by atoms with E-state index in [2.05, 4.69) is 60.7 Å². The summed E-state index contributed by atoms with van der Waals surface area (Å²) in [4.78, 5) is 23.8. The second-order valence-corrected chi connectivity index (χ2v) is 13.5. The molecule has 6 heteroatoms. The Labute approximate surface area is 248 Å². The van der Waals surface area contributed by atoms with Gasteiger partial charge in [-0.1, -0.05) is 88.0 Å². The highest BCUT2D eigenvalue weighted by molar-refractivity contribution is 5.78. The second-order valence-electron chi connectivity index (χ2n) is 13.5. The molecule has 2 aliphatic carbocycles. The standard InChI is InChI=1S/C15H28O3.C12H23NO2.C7H16/c1-5-14(17-6-2)18-15(16)13-9-7-8-12(10-13)11(3)4;1-9(2)10-4-3-5-11(8-10)12(15)13-6-7-14;1-6(2)5-7(3)4/h11-14H,5-10H2,1-4H3;9-11,14H,3-8H2,1-2H3,(H,13,15);6-7H,5H2,1-4H3. The Morgan fingerprint density at radius 2 is 1.30 bits per heavy atom. The van der Waals surface area contributed by atoms with Gasteiger partial charge in [-0.05, 0) is 74.5 Å². The molecule has 2 aliphatic rings. The predicted molar refractivity (Wildman–Crippen MR) is 167 cm³/mol. The van der Waals surface area contributed by atoms with Crippen molar-refractivity contribution in [1.29, 1.82) is 0 Å². The number of aliphatic hydroxyl groups is 1. The highest BCUT2D eigenvalue weighted by atomic mass is 16.7. The van der Waals surface area contributed by atoms with Gasteiger partial charge in [-0.2, -0.15) is 0 Å². The van der Waals surface area contributed by atoms with Gasteiger partial charge >= 0.3 is 5.97 Å². The average Bonchev–Trinajstić information content (AvgIpc) is 2.91. The fraction of sp³-hybridized carbons (Fsp3) is 0.941. The lowest BCUT2D eigenvalue weighted by Gasteiger charge is -2.31. The average molecular weight is 570 g/mol. The third kappa shape index (κ3) is 17.6. The first-order chi connectivity index (χ1) is 18.9. The van der Waals surface area contributed by atoms with E-state index in [-0.39, 0.29) is 36.6 Å². The van der Waals surface area contributed by atoms with Crippen LogP contribution >= 0.6 is 0 Å². The van der Waals surface area contributed by atoms with Gasteiger partial charge in [0.05, 0.1) is 12.5 Å². The van der Waals surface area contributed by atoms with Gasteiger partial charge < -0.3 is 19.9 Å². The normalized spacial score (nSPS) is 23.7. The summed E-state index contributed by atoms with van der Waals surface area (Å²) < 4.78 is 10.8. The van der Waals surface area contributed by atoms with Crippen LogP contribution in [0.3, 0.4) is 0 Å². The van der Waals surface area contributed by atoms with Crippen LogP contribution in [0.1, 0.15) is 133 Å². The Bertz CT molecular complexity index is 642. The first-order valence-corrected chi connectivity index (χ1v) is 16.6. The Hall–Kier alpha value is -1.14. The minimum Gasteiger partial charge on any atom is -0.436 e. The molecule has 0 aromatic rings. The van der Waals surface area contributed by atoms with Gasteiger partial charge in [-0.15, -0.1) is 0 Å². The SMILES string of the molecule is CC(C)C1CCCC(C(=O)NCCO)C1.CC(C)CC(C)C.CCOC(CC)OC(=O)C1CCCC(C(C)C)C1. The van der Waals surface area contributed by atoms with E-state index in [1.54, 1.807) is 0 Å². The summed E-state index contributed by atoms with van der Waals surface area (Å²) in [6.07, 6.45) is 10.6. The zero-order valence-electron chi connectivity index (χ0n) is 28.0. The summed E-state index contributed by atoms with van der Waals surface area (Å²) in [5.41, 5.74) is 0. The van der Waals surface area contributed by atoms with Crippen LogP contribution in [0.4, 0.5) is 0 Å². The molecule has 2 N–H and O–H groups in total. The van der Waals surface area contributed by atoms with Crippen LogP contribution in [0, 0.1) is 47.3 Å². The summed E-state index contributed by atoms with van der Waals surface area (Å²) >= 11 is 0. The van der Waals surface area contributed by atoms with E-state index in [9.17, 15) is 9.59 Å². The largest absolute Gasteiger partial charge is 0.436 e. The van der Waals surface area contributed by atoms with Crippen LogP contribution in [0.2, 0.25) is 0 Å². The van der Waals surface area contributed by atoms with Gasteiger partial charge in [0.15, 0.2) is 0 Å². The highest BCUT2D eigenvalue weighted by Gasteiger charge is 2.31. The first kappa shape index (κ1) is 38.9. The van der Waals surface area contributed by atoms with Gasteiger partial charge in [0, 0.05) is 25.5 Å². The van der Waals surface area contributed by atoms with E-state index in [1.165, 1.54) is 25.7 Å². The maximum absolute atomic E-state index is 12.1. The predicted octanol–water partition coefficient (Wildman–Crippen LogP) is 8.01. The van der Waals surface area contributed by atoms with E-state index in [0.717, 1.165) is 50.4 Å². The van der Waals surface area contributed by atoms with Gasteiger partial charge in [-0.25, -0.2) is 0 Å². The third-order valence-electron chi connectivity index (χ3n) is 8.31. The molecule has 1 amide bonds. The maximum Gasteiger partial charge on any atom is 0.311 e. The summed E-state index contributed by atoms with van der Waals surface area (Å²) in [7, 11) is 0. The van der Waals surface area contributed by atoms with E-state index < -0.39 is 0 Å². The van der Waals surface area contributed by atoms with Gasteiger partial charge in [-0.3, -0.25) is 9.59 Å². The van der Waals surface area contributed by atoms with Crippen molar-refractivity contribution >= 4 is 11.9 Å². The number of nitrogens with one attached hydrogen (secondary N) is 1. The van der Waals surface area contributed by atoms with Gasteiger partial charge in [0.25, 0.3) is 0 Å². The zero-order valence-corrected chi connectivity index (χ0v) is 28.0. The van der Waals surface area contributed by atoms with Crippen molar-refractivity contribution in [2.45, 2.75) is 140 Å². The van der Waals surface area contributed by atoms with Crippen LogP contribution in [-0.2, 0) is 19.1 Å². The molecule has 0 saturated heterocycles. The number of carbonyl (C=O) groups is 2. The number of rotatable bonds is 12. The molecular weight excluding hydrogens is 502 g/mol. The minimum atomic E-state index is -0.359. The van der Waals surface area contributed by atoms with Crippen LogP contribution in [0.25, 0.3) is 0 Å². The van der Waals surface area contributed by atoms with Crippen molar-refractivity contribution in [2.75, 3.05) is 19.8 Å². The molecule has 2 saturated carbocycles. The lowest BCUT2D eigenvalue weighted by atomic mass is 9.76. The smallest absolute Gasteiger partial charge is 0.311 e. The Morgan fingerprint density at radius 1 is 0.800 bits per heavy atom. The molecule has 2 fully saturated rings. The van der Waals surface area contributed by atoms with Crippen LogP contribution < -0.4 is 5.32 Å². The number of aliphatic hydroxyl groups excluding tert-OH is 1. The number of esters is 1. The minimum absolute atomic E-state index is 0.0338. The molecule has 40 heavy (non-hydrogen) atoms. The van der Waals surface area contributed by atoms with Gasteiger partial charge in [0.1, 0.15) is 0 Å². The van der Waals surface area contributed by atoms with E-state index in [0.29, 0.717) is 36.8 Å². The molecule has 0 aliphatic heterocycles. The molecule has 5 unspecified atom stereocenters. The van der Waals surface area contributed by atoms with E-state index in [1.807, 2.05) is 13.8 Å². The Balaban J connectivity index is 0.000000624. The maximum atomic E-state index is 12.1. The fourth-order valence-electron chi connectivity index (χ4n) is 6.03. The number of hydrogen-bond donors (Lipinski definition) is 2. The van der Waals surface area contributed by atoms with Crippen molar-refractivity contribution in [3.05, 3.63) is 0 Å². The molecule has 0 spiro atoms. The zero-order chi connectivity index (χ0) is 30.7. The summed E-state index contributed by atoms with van der Waals surface area (Å²) in [6, 6.07) is 0. The molecule has 238 valence electrons. The fourth-order valence-corrected chi connectivity index (χ4v) is 6.03. The third-order valence-corrected chi connectivity index (χ3v) is 8.31. The molecule has 6 nitrogen and oxygen atoms in total. The Morgan fingerprint density at radius 3 is 1.70 bits per heavy atom. The van der Waals surface area contributed by atoms with Crippen LogP contribution in [0.15, 0.2) is 0 Å². The highest BCUT2D eigenvalue weighted by Crippen LogP contribution is 2.35. The number of carbonyl (C=O) groups excluding carboxylic acids is 2. The molecule has 2 rings (SSSR count). The monoisotopic (exact) mass is 570 g/mol. The number of amides is 1. The number of hydrogen-bond acceptors (Lipinski definition) is 5. The van der Waals surface area contributed by atoms with E-state index in [4.69, 9.17) is 14.6 Å². The number of ether oxygens (including phenoxy) is 2. The Kier molecular flexibility index (Phi) is 21.8. The van der Waals surface area contributed by atoms with Crippen molar-refractivity contribution in [1.82, 2.24) is 5.32 Å². The molecule has 0 radical (unpaired) electrons. The molecule has 0 bridgehead atoms. The van der Waals surface area contributed by atoms with Gasteiger partial charge in [0.2, 0.25) is 12.2 Å². The van der Waals surface area contributed by atoms with Crippen molar-refractivity contribution in [3.63, 3.8) is 0 Å². The van der Waals surface area contributed by atoms with Crippen LogP contribution in [0.5, 0.6) is 0 Å². The molecule has 0 aromatic heterocycles. The quantitative estimate of drug-likeness (QED) is 0.184. The molecule has 0 heterocycles. The molecule has 0 aromatic carbocycles. The van der Waals surface area contributed by atoms with Crippen molar-refractivity contribution < 1.29 is 24.2 Å². The summed E-state index contributed by atoms with van der Waals surface area (Å²) in [5.74, 6) is 4.80. The van der Waals surface area contributed by atoms with Crippen molar-refractivity contribution in [2.24, 2.45) is 47.3 Å². The van der Waals surface area contributed by atoms with E-state index >= 15 is 0 Å². The lowest BCUT2D eigenvalue weighted by molar-refractivity contribution is -0.184. The second kappa shape index (κ2) is 22.5. The molecular formula is C34H67NO5.